The van der Waals surface area contributed by atoms with Crippen LogP contribution >= 0.6 is 0 Å². The van der Waals surface area contributed by atoms with Gasteiger partial charge in [-0.2, -0.15) is 0 Å². The summed E-state index contributed by atoms with van der Waals surface area (Å²) in [4.78, 5) is 69.1. The molecule has 0 saturated heterocycles. The van der Waals surface area contributed by atoms with E-state index in [4.69, 9.17) is 23.7 Å². The highest BCUT2D eigenvalue weighted by molar-refractivity contribution is 6.08. The molecule has 1 aliphatic rings. The zero-order chi connectivity index (χ0) is 39.5. The van der Waals surface area contributed by atoms with E-state index in [1.165, 1.54) is 25.1 Å². The normalized spacial score (nSPS) is 12.2. The minimum Gasteiger partial charge on any atom is -0.465 e. The van der Waals surface area contributed by atoms with E-state index in [0.717, 1.165) is 38.5 Å². The fourth-order valence-electron chi connectivity index (χ4n) is 5.87. The number of unbranched alkanes of at least 4 members (excludes halogenated alkanes) is 3. The van der Waals surface area contributed by atoms with Crippen LogP contribution in [-0.4, -0.2) is 52.6 Å². The monoisotopic (exact) mass is 751 g/mol. The molecule has 0 radical (unpaired) electrons. The molecule has 5 rings (SSSR count). The Hall–Kier alpha value is -5.95. The Balaban J connectivity index is 1.42. The number of nitrogens with zero attached hydrogens (tertiary/aromatic N) is 1. The number of ether oxygens (including phenoxy) is 2. The molecule has 2 aromatic carbocycles. The van der Waals surface area contributed by atoms with Crippen molar-refractivity contribution in [2.75, 3.05) is 13.2 Å². The number of aryl methyl sites for hydroxylation is 1. The molecule has 1 saturated carbocycles. The van der Waals surface area contributed by atoms with Crippen molar-refractivity contribution < 1.29 is 42.6 Å². The molecule has 1 amide bonds. The summed E-state index contributed by atoms with van der Waals surface area (Å²) in [7, 11) is 0. The number of Topliss-reactive ketones (excluding diaryl/α,β-unsaturated/α-hetero) is 1. The van der Waals surface area contributed by atoms with E-state index >= 15 is 0 Å². The second-order valence-electron chi connectivity index (χ2n) is 13.4. The molecule has 13 heteroatoms. The molecular weight excluding hydrogens is 706 g/mol. The summed E-state index contributed by atoms with van der Waals surface area (Å²) in [5.74, 6) is -2.72. The van der Waals surface area contributed by atoms with Crippen LogP contribution in [0.4, 0.5) is 0 Å². The Morgan fingerprint density at radius 1 is 1.02 bits per heavy atom. The molecule has 4 aromatic rings. The van der Waals surface area contributed by atoms with Gasteiger partial charge in [0.2, 0.25) is 0 Å². The lowest BCUT2D eigenvalue weighted by Crippen LogP contribution is -2.27. The second kappa shape index (κ2) is 18.9. The molecule has 2 heterocycles. The smallest absolute Gasteiger partial charge is 0.465 e. The number of aliphatic hydroxyl groups excluding tert-OH is 1. The van der Waals surface area contributed by atoms with Crippen LogP contribution in [0.3, 0.4) is 0 Å². The third-order valence-electron chi connectivity index (χ3n) is 9.25. The van der Waals surface area contributed by atoms with Gasteiger partial charge in [-0.1, -0.05) is 63.1 Å². The van der Waals surface area contributed by atoms with E-state index in [-0.39, 0.29) is 63.9 Å². The van der Waals surface area contributed by atoms with Gasteiger partial charge in [-0.25, -0.2) is 14.6 Å². The van der Waals surface area contributed by atoms with E-state index < -0.39 is 36.9 Å². The minimum atomic E-state index is -0.967. The minimum absolute atomic E-state index is 0.00843. The molecule has 13 nitrogen and oxygen atoms in total. The Morgan fingerprint density at radius 2 is 1.78 bits per heavy atom. The van der Waals surface area contributed by atoms with Crippen molar-refractivity contribution in [3.63, 3.8) is 0 Å². The molecule has 0 bridgehead atoms. The van der Waals surface area contributed by atoms with E-state index in [0.29, 0.717) is 41.3 Å². The maximum absolute atomic E-state index is 14.1. The van der Waals surface area contributed by atoms with Gasteiger partial charge in [0.05, 0.1) is 19.6 Å². The van der Waals surface area contributed by atoms with E-state index in [1.54, 1.807) is 36.4 Å². The average Bonchev–Trinajstić information content (AvgIpc) is 3.96. The number of ketones is 1. The quantitative estimate of drug-likeness (QED) is 0.0383. The zero-order valence-corrected chi connectivity index (χ0v) is 31.0. The van der Waals surface area contributed by atoms with Gasteiger partial charge in [-0.05, 0) is 84.2 Å². The second-order valence-corrected chi connectivity index (χ2v) is 13.4. The molecular formula is C42H45N3O10. The fourth-order valence-corrected chi connectivity index (χ4v) is 5.87. The van der Waals surface area contributed by atoms with Crippen LogP contribution < -0.4 is 11.1 Å². The highest BCUT2D eigenvalue weighted by Crippen LogP contribution is 2.33. The summed E-state index contributed by atoms with van der Waals surface area (Å²) in [6, 6.07) is 12.8. The van der Waals surface area contributed by atoms with Crippen molar-refractivity contribution in [3.05, 3.63) is 116 Å². The van der Waals surface area contributed by atoms with Crippen molar-refractivity contribution in [1.82, 2.24) is 10.3 Å². The molecule has 0 aliphatic heterocycles. The first-order valence-corrected chi connectivity index (χ1v) is 18.3. The molecule has 0 atom stereocenters. The van der Waals surface area contributed by atoms with Gasteiger partial charge in [-0.3, -0.25) is 14.4 Å². The molecule has 3 N–H and O–H groups in total. The number of pyridine rings is 1. The van der Waals surface area contributed by atoms with Gasteiger partial charge < -0.3 is 34.1 Å². The van der Waals surface area contributed by atoms with E-state index in [1.807, 2.05) is 0 Å². The zero-order valence-electron chi connectivity index (χ0n) is 31.0. The molecule has 55 heavy (non-hydrogen) atoms. The van der Waals surface area contributed by atoms with Gasteiger partial charge in [0.15, 0.2) is 29.6 Å². The van der Waals surface area contributed by atoms with E-state index in [9.17, 15) is 29.1 Å². The van der Waals surface area contributed by atoms with Crippen LogP contribution in [0.25, 0.3) is 17.2 Å². The number of hydrogen-bond acceptors (Lipinski definition) is 12. The molecule has 288 valence electrons. The topological polar surface area (TPSA) is 199 Å². The molecule has 0 spiro atoms. The van der Waals surface area contributed by atoms with Crippen LogP contribution in [0.15, 0.2) is 68.7 Å². The Morgan fingerprint density at radius 3 is 2.44 bits per heavy atom. The van der Waals surface area contributed by atoms with Gasteiger partial charge in [0.25, 0.3) is 5.91 Å². The highest BCUT2D eigenvalue weighted by Gasteiger charge is 2.27. The molecule has 2 aromatic heterocycles. The van der Waals surface area contributed by atoms with Crippen molar-refractivity contribution in [2.24, 2.45) is 5.92 Å². The third kappa shape index (κ3) is 10.8. The van der Waals surface area contributed by atoms with Crippen LogP contribution in [0.2, 0.25) is 0 Å². The van der Waals surface area contributed by atoms with Gasteiger partial charge in [0.1, 0.15) is 5.69 Å². The number of aliphatic hydroxyl groups is 1. The summed E-state index contributed by atoms with van der Waals surface area (Å²) >= 11 is 0. The standard InChI is InChI=1S/C42H45N3O10/c1-4-6-7-8-17-52-38(48)21-34(43)29-13-11-26(12-14-29)18-36(47)33-19-28(5-2)30(23-46)20-32(33)31-15-16-35(40(49)44-22-27-9-10-27)45-39(31)41(50)53-24-37-25(3)54-42(51)55-37/h5,11-16,19-20,27,43,46H,2,4,6-10,17-18,21-24H2,1,3H3,(H,44,49). The first-order chi connectivity index (χ1) is 26.5. The van der Waals surface area contributed by atoms with Crippen molar-refractivity contribution in [2.45, 2.75) is 78.4 Å². The van der Waals surface area contributed by atoms with Gasteiger partial charge in [-0.15, -0.1) is 0 Å². The number of hydrogen-bond donors (Lipinski definition) is 3. The number of esters is 2. The lowest BCUT2D eigenvalue weighted by atomic mass is 9.89. The van der Waals surface area contributed by atoms with Gasteiger partial charge >= 0.3 is 17.8 Å². The number of carbonyl (C=O) groups excluding carboxylic acids is 4. The van der Waals surface area contributed by atoms with Crippen LogP contribution in [0.5, 0.6) is 0 Å². The number of benzene rings is 2. The third-order valence-corrected chi connectivity index (χ3v) is 9.25. The molecule has 1 fully saturated rings. The largest absolute Gasteiger partial charge is 0.519 e. The van der Waals surface area contributed by atoms with Gasteiger partial charge in [0, 0.05) is 29.8 Å². The molecule has 1 aliphatic carbocycles. The predicted molar refractivity (Wildman–Crippen MR) is 203 cm³/mol. The summed E-state index contributed by atoms with van der Waals surface area (Å²) < 4.78 is 20.6. The number of amides is 1. The molecule has 0 unspecified atom stereocenters. The predicted octanol–water partition coefficient (Wildman–Crippen LogP) is 6.54. The Labute approximate surface area is 318 Å². The number of nitrogens with one attached hydrogen (secondary N) is 2. The van der Waals surface area contributed by atoms with Crippen molar-refractivity contribution in [1.29, 1.82) is 5.41 Å². The lowest BCUT2D eigenvalue weighted by Gasteiger charge is -2.17. The van der Waals surface area contributed by atoms with Crippen LogP contribution in [0.1, 0.15) is 117 Å². The van der Waals surface area contributed by atoms with Crippen LogP contribution in [-0.2, 0) is 33.9 Å². The number of rotatable bonds is 20. The summed E-state index contributed by atoms with van der Waals surface area (Å²) in [5, 5.41) is 21.5. The number of carbonyl (C=O) groups is 4. The number of aromatic nitrogens is 1. The fraction of sp³-hybridized carbons (Fsp3) is 0.357. The SMILES string of the molecule is C=Cc1cc(C(=O)Cc2ccc(C(=N)CC(=O)OCCCCCC)cc2)c(-c2ccc(C(=O)NCC3CC3)nc2C(=O)OCc2oc(=O)oc2C)cc1CO. The average molecular weight is 752 g/mol. The van der Waals surface area contributed by atoms with Crippen molar-refractivity contribution >= 4 is 35.4 Å². The highest BCUT2D eigenvalue weighted by atomic mass is 16.6. The van der Waals surface area contributed by atoms with Crippen LogP contribution in [0, 0.1) is 18.3 Å². The first kappa shape index (κ1) is 40.2. The Bertz CT molecular complexity index is 2130. The summed E-state index contributed by atoms with van der Waals surface area (Å²) in [6.45, 7) is 7.33. The summed E-state index contributed by atoms with van der Waals surface area (Å²) in [5.41, 5.74) is 2.40. The first-order valence-electron chi connectivity index (χ1n) is 18.3. The summed E-state index contributed by atoms with van der Waals surface area (Å²) in [6.07, 6.45) is 7.20. The lowest BCUT2D eigenvalue weighted by molar-refractivity contribution is -0.142. The maximum atomic E-state index is 14.1. The van der Waals surface area contributed by atoms with E-state index in [2.05, 4.69) is 23.8 Å². The Kier molecular flexibility index (Phi) is 13.8. The maximum Gasteiger partial charge on any atom is 0.519 e. The van der Waals surface area contributed by atoms with Crippen molar-refractivity contribution in [3.8, 4) is 11.1 Å².